The van der Waals surface area contributed by atoms with Gasteiger partial charge in [0.15, 0.2) is 0 Å². The number of unbranched alkanes of at least 4 members (excludes halogenated alkanes) is 2. The fourth-order valence-corrected chi connectivity index (χ4v) is 3.51. The lowest BCUT2D eigenvalue weighted by Crippen LogP contribution is -2.26. The fourth-order valence-electron chi connectivity index (χ4n) is 3.51. The van der Waals surface area contributed by atoms with Gasteiger partial charge in [0.05, 0.1) is 18.6 Å². The summed E-state index contributed by atoms with van der Waals surface area (Å²) in [6.07, 6.45) is 8.80. The molecular formula is C24H32O6. The van der Waals surface area contributed by atoms with Gasteiger partial charge in [0.25, 0.3) is 0 Å². The molecule has 0 aliphatic heterocycles. The molecule has 1 aliphatic carbocycles. The summed E-state index contributed by atoms with van der Waals surface area (Å²) >= 11 is 0. The second kappa shape index (κ2) is 12.8. The Labute approximate surface area is 178 Å². The molecule has 0 heterocycles. The van der Waals surface area contributed by atoms with Crippen molar-refractivity contribution in [3.8, 4) is 11.5 Å². The summed E-state index contributed by atoms with van der Waals surface area (Å²) in [5, 5.41) is 0. The Kier molecular flexibility index (Phi) is 10.1. The molecule has 0 radical (unpaired) electrons. The molecule has 0 spiro atoms. The molecule has 0 amide bonds. The third-order valence-corrected chi connectivity index (χ3v) is 5.34. The van der Waals surface area contributed by atoms with Crippen molar-refractivity contribution < 1.29 is 28.6 Å². The van der Waals surface area contributed by atoms with Crippen LogP contribution in [0.25, 0.3) is 0 Å². The van der Waals surface area contributed by atoms with Gasteiger partial charge in [0.2, 0.25) is 0 Å². The van der Waals surface area contributed by atoms with E-state index >= 15 is 0 Å². The van der Waals surface area contributed by atoms with Crippen LogP contribution in [0.5, 0.6) is 11.5 Å². The number of ether oxygens (including phenoxy) is 3. The number of hydrogen-bond donors (Lipinski definition) is 0. The van der Waals surface area contributed by atoms with Crippen LogP contribution in [-0.4, -0.2) is 30.9 Å². The van der Waals surface area contributed by atoms with Gasteiger partial charge < -0.3 is 19.0 Å². The van der Waals surface area contributed by atoms with Gasteiger partial charge in [-0.05, 0) is 82.6 Å². The predicted molar refractivity (Wildman–Crippen MR) is 113 cm³/mol. The normalized spacial score (nSPS) is 19.4. The lowest BCUT2D eigenvalue weighted by Gasteiger charge is -2.23. The van der Waals surface area contributed by atoms with Crippen molar-refractivity contribution in [2.75, 3.05) is 6.61 Å². The first-order valence-corrected chi connectivity index (χ1v) is 10.7. The Bertz CT molecular complexity index is 688. The molecule has 30 heavy (non-hydrogen) atoms. The molecular weight excluding hydrogens is 384 g/mol. The summed E-state index contributed by atoms with van der Waals surface area (Å²) in [4.78, 5) is 34.1. The number of carbonyl (C=O) groups is 3. The van der Waals surface area contributed by atoms with E-state index in [-0.39, 0.29) is 29.9 Å². The predicted octanol–water partition coefficient (Wildman–Crippen LogP) is 4.65. The van der Waals surface area contributed by atoms with Gasteiger partial charge in [-0.2, -0.15) is 0 Å². The third-order valence-electron chi connectivity index (χ3n) is 5.34. The van der Waals surface area contributed by atoms with Crippen LogP contribution in [0.4, 0.5) is 0 Å². The standard InChI is InChI=1S/C24H32O6/c1-3-23(26)28-16-6-4-5-7-18(2)29-21-12-14-22(15-13-21)30-24(27)20-10-8-19(17-25)9-11-20/h3,12-15,17-20H,1,4-11,16H2,2H3/t18?,19-,20+. The maximum absolute atomic E-state index is 12.3. The molecule has 1 aliphatic rings. The molecule has 1 aromatic carbocycles. The molecule has 1 unspecified atom stereocenters. The molecule has 1 atom stereocenters. The van der Waals surface area contributed by atoms with Crippen LogP contribution >= 0.6 is 0 Å². The summed E-state index contributed by atoms with van der Waals surface area (Å²) in [5.74, 6) is 0.589. The van der Waals surface area contributed by atoms with Crippen LogP contribution in [0, 0.1) is 11.8 Å². The topological polar surface area (TPSA) is 78.9 Å². The Morgan fingerprint density at radius 3 is 2.37 bits per heavy atom. The molecule has 164 valence electrons. The number of carbonyl (C=O) groups excluding carboxylic acids is 3. The van der Waals surface area contributed by atoms with Crippen molar-refractivity contribution in [2.24, 2.45) is 11.8 Å². The molecule has 2 rings (SSSR count). The molecule has 6 heteroatoms. The summed E-state index contributed by atoms with van der Waals surface area (Å²) < 4.78 is 16.3. The van der Waals surface area contributed by atoms with Crippen molar-refractivity contribution in [3.05, 3.63) is 36.9 Å². The summed E-state index contributed by atoms with van der Waals surface area (Å²) in [6, 6.07) is 7.09. The van der Waals surface area contributed by atoms with E-state index in [1.165, 1.54) is 6.08 Å². The Morgan fingerprint density at radius 2 is 1.73 bits per heavy atom. The molecule has 1 fully saturated rings. The quantitative estimate of drug-likeness (QED) is 0.162. The first-order valence-electron chi connectivity index (χ1n) is 10.7. The number of benzene rings is 1. The largest absolute Gasteiger partial charge is 0.491 e. The maximum atomic E-state index is 12.3. The highest BCUT2D eigenvalue weighted by Crippen LogP contribution is 2.29. The average Bonchev–Trinajstić information content (AvgIpc) is 2.77. The third kappa shape index (κ3) is 8.39. The molecule has 0 N–H and O–H groups in total. The van der Waals surface area contributed by atoms with Gasteiger partial charge in [-0.15, -0.1) is 0 Å². The average molecular weight is 417 g/mol. The van der Waals surface area contributed by atoms with E-state index in [4.69, 9.17) is 14.2 Å². The Hall–Kier alpha value is -2.63. The van der Waals surface area contributed by atoms with Crippen LogP contribution in [0.1, 0.15) is 58.3 Å². The maximum Gasteiger partial charge on any atom is 0.330 e. The van der Waals surface area contributed by atoms with E-state index in [0.29, 0.717) is 25.2 Å². The molecule has 0 saturated heterocycles. The summed E-state index contributed by atoms with van der Waals surface area (Å²) in [5.41, 5.74) is 0. The zero-order valence-corrected chi connectivity index (χ0v) is 17.7. The van der Waals surface area contributed by atoms with Crippen molar-refractivity contribution in [2.45, 2.75) is 64.4 Å². The van der Waals surface area contributed by atoms with Crippen LogP contribution in [0.2, 0.25) is 0 Å². The second-order valence-corrected chi connectivity index (χ2v) is 7.79. The molecule has 0 bridgehead atoms. The van der Waals surface area contributed by atoms with Crippen molar-refractivity contribution >= 4 is 18.2 Å². The first kappa shape index (κ1) is 23.6. The molecule has 6 nitrogen and oxygen atoms in total. The number of aldehydes is 1. The van der Waals surface area contributed by atoms with E-state index in [1.807, 2.05) is 6.92 Å². The highest BCUT2D eigenvalue weighted by molar-refractivity contribution is 5.81. The first-order chi connectivity index (χ1) is 14.5. The molecule has 1 aromatic rings. The smallest absolute Gasteiger partial charge is 0.330 e. The van der Waals surface area contributed by atoms with E-state index in [1.54, 1.807) is 24.3 Å². The highest BCUT2D eigenvalue weighted by Gasteiger charge is 2.27. The zero-order valence-electron chi connectivity index (χ0n) is 17.7. The Morgan fingerprint density at radius 1 is 1.07 bits per heavy atom. The van der Waals surface area contributed by atoms with E-state index < -0.39 is 0 Å². The summed E-state index contributed by atoms with van der Waals surface area (Å²) in [7, 11) is 0. The van der Waals surface area contributed by atoms with Crippen LogP contribution in [0.3, 0.4) is 0 Å². The lowest BCUT2D eigenvalue weighted by molar-refractivity contribution is -0.140. The van der Waals surface area contributed by atoms with Gasteiger partial charge in [-0.25, -0.2) is 4.79 Å². The number of esters is 2. The lowest BCUT2D eigenvalue weighted by atomic mass is 9.83. The summed E-state index contributed by atoms with van der Waals surface area (Å²) in [6.45, 7) is 5.79. The van der Waals surface area contributed by atoms with Crippen molar-refractivity contribution in [1.82, 2.24) is 0 Å². The fraction of sp³-hybridized carbons (Fsp3) is 0.542. The van der Waals surface area contributed by atoms with Crippen molar-refractivity contribution in [1.29, 1.82) is 0 Å². The van der Waals surface area contributed by atoms with Gasteiger partial charge >= 0.3 is 11.9 Å². The van der Waals surface area contributed by atoms with Crippen LogP contribution < -0.4 is 9.47 Å². The van der Waals surface area contributed by atoms with Crippen LogP contribution in [0.15, 0.2) is 36.9 Å². The highest BCUT2D eigenvalue weighted by atomic mass is 16.5. The monoisotopic (exact) mass is 416 g/mol. The Balaban J connectivity index is 1.65. The molecule has 0 aromatic heterocycles. The van der Waals surface area contributed by atoms with Gasteiger partial charge in [-0.1, -0.05) is 6.58 Å². The van der Waals surface area contributed by atoms with Gasteiger partial charge in [-0.3, -0.25) is 4.79 Å². The minimum atomic E-state index is -0.383. The van der Waals surface area contributed by atoms with Crippen LogP contribution in [-0.2, 0) is 19.1 Å². The van der Waals surface area contributed by atoms with E-state index in [9.17, 15) is 14.4 Å². The van der Waals surface area contributed by atoms with Crippen molar-refractivity contribution in [3.63, 3.8) is 0 Å². The SMILES string of the molecule is C=CC(=O)OCCCCCC(C)Oc1ccc(OC(=O)[C@H]2CC[C@@H](C=O)CC2)cc1. The van der Waals surface area contributed by atoms with Gasteiger partial charge in [0, 0.05) is 12.0 Å². The second-order valence-electron chi connectivity index (χ2n) is 7.79. The minimum absolute atomic E-state index is 0.0575. The number of rotatable bonds is 12. The van der Waals surface area contributed by atoms with E-state index in [2.05, 4.69) is 6.58 Å². The molecule has 1 saturated carbocycles. The number of hydrogen-bond acceptors (Lipinski definition) is 6. The zero-order chi connectivity index (χ0) is 21.8. The minimum Gasteiger partial charge on any atom is -0.491 e. The van der Waals surface area contributed by atoms with Gasteiger partial charge in [0.1, 0.15) is 17.8 Å². The van der Waals surface area contributed by atoms with E-state index in [0.717, 1.165) is 50.6 Å².